The summed E-state index contributed by atoms with van der Waals surface area (Å²) < 4.78 is 5.17. The van der Waals surface area contributed by atoms with Crippen LogP contribution in [0.25, 0.3) is 0 Å². The molecule has 1 saturated carbocycles. The van der Waals surface area contributed by atoms with Gasteiger partial charge in [-0.05, 0) is 43.4 Å². The van der Waals surface area contributed by atoms with E-state index in [9.17, 15) is 0 Å². The van der Waals surface area contributed by atoms with Crippen molar-refractivity contribution in [3.8, 4) is 5.75 Å². The van der Waals surface area contributed by atoms with Gasteiger partial charge in [-0.15, -0.1) is 0 Å². The highest BCUT2D eigenvalue weighted by Crippen LogP contribution is 2.41. The smallest absolute Gasteiger partial charge is 0.118 e. The monoisotopic (exact) mass is 235 g/mol. The first kappa shape index (κ1) is 12.4. The Hall–Kier alpha value is -1.06. The lowest BCUT2D eigenvalue weighted by atomic mass is 10.0. The van der Waals surface area contributed by atoms with Gasteiger partial charge >= 0.3 is 0 Å². The molecule has 2 atom stereocenters. The lowest BCUT2D eigenvalue weighted by molar-refractivity contribution is 0.236. The van der Waals surface area contributed by atoms with E-state index in [1.165, 1.54) is 18.4 Å². The van der Waals surface area contributed by atoms with Crippen molar-refractivity contribution in [3.63, 3.8) is 0 Å². The highest BCUT2D eigenvalue weighted by molar-refractivity contribution is 5.30. The molecule has 2 N–H and O–H groups in total. The molecule has 0 bridgehead atoms. The number of hydrogen-bond donors (Lipinski definition) is 2. The Morgan fingerprint density at radius 3 is 2.47 bits per heavy atom. The molecule has 0 aromatic heterocycles. The minimum atomic E-state index is 0.141. The van der Waals surface area contributed by atoms with Crippen molar-refractivity contribution < 1.29 is 9.84 Å². The first-order chi connectivity index (χ1) is 8.24. The van der Waals surface area contributed by atoms with E-state index in [0.29, 0.717) is 6.04 Å². The van der Waals surface area contributed by atoms with Crippen molar-refractivity contribution >= 4 is 0 Å². The molecule has 0 amide bonds. The van der Waals surface area contributed by atoms with Crippen LogP contribution in [0.3, 0.4) is 0 Å². The minimum Gasteiger partial charge on any atom is -0.497 e. The van der Waals surface area contributed by atoms with E-state index in [1.807, 2.05) is 19.1 Å². The van der Waals surface area contributed by atoms with Crippen LogP contribution < -0.4 is 10.1 Å². The Balaban J connectivity index is 2.08. The van der Waals surface area contributed by atoms with E-state index in [0.717, 1.165) is 11.7 Å². The van der Waals surface area contributed by atoms with Crippen LogP contribution in [0.2, 0.25) is 0 Å². The normalized spacial score (nSPS) is 18.8. The van der Waals surface area contributed by atoms with Crippen LogP contribution in [0.4, 0.5) is 0 Å². The Morgan fingerprint density at radius 2 is 2.00 bits per heavy atom. The minimum absolute atomic E-state index is 0.141. The number of benzene rings is 1. The van der Waals surface area contributed by atoms with E-state index < -0.39 is 0 Å². The van der Waals surface area contributed by atoms with Crippen LogP contribution in [0, 0.1) is 5.92 Å². The van der Waals surface area contributed by atoms with Gasteiger partial charge in [0.15, 0.2) is 0 Å². The third-order valence-electron chi connectivity index (χ3n) is 3.31. The summed E-state index contributed by atoms with van der Waals surface area (Å²) in [7, 11) is 1.68. The van der Waals surface area contributed by atoms with Crippen LogP contribution in [-0.4, -0.2) is 24.9 Å². The molecule has 1 unspecified atom stereocenters. The molecule has 0 spiro atoms. The molecular weight excluding hydrogens is 214 g/mol. The second-order valence-electron chi connectivity index (χ2n) is 4.84. The summed E-state index contributed by atoms with van der Waals surface area (Å²) in [5.41, 5.74) is 1.29. The maximum Gasteiger partial charge on any atom is 0.118 e. The zero-order valence-corrected chi connectivity index (χ0v) is 10.5. The Morgan fingerprint density at radius 1 is 1.35 bits per heavy atom. The van der Waals surface area contributed by atoms with Gasteiger partial charge in [-0.1, -0.05) is 12.1 Å². The second kappa shape index (κ2) is 5.52. The first-order valence-corrected chi connectivity index (χ1v) is 6.25. The summed E-state index contributed by atoms with van der Waals surface area (Å²) >= 11 is 0. The average Bonchev–Trinajstić information content (AvgIpc) is 3.20. The van der Waals surface area contributed by atoms with Crippen LogP contribution in [0.15, 0.2) is 24.3 Å². The molecular formula is C14H21NO2. The lowest BCUT2D eigenvalue weighted by Crippen LogP contribution is -2.34. The van der Waals surface area contributed by atoms with E-state index in [2.05, 4.69) is 17.4 Å². The molecule has 3 nitrogen and oxygen atoms in total. The molecule has 1 aromatic rings. The number of nitrogens with one attached hydrogen (secondary N) is 1. The van der Waals surface area contributed by atoms with Crippen LogP contribution >= 0.6 is 0 Å². The summed E-state index contributed by atoms with van der Waals surface area (Å²) in [6.07, 6.45) is 2.56. The lowest BCUT2D eigenvalue weighted by Gasteiger charge is -2.22. The molecule has 94 valence electrons. The Bertz CT molecular complexity index is 346. The fourth-order valence-corrected chi connectivity index (χ4v) is 2.10. The molecule has 1 aliphatic rings. The zero-order valence-electron chi connectivity index (χ0n) is 10.5. The van der Waals surface area contributed by atoms with Crippen LogP contribution in [0.5, 0.6) is 5.75 Å². The van der Waals surface area contributed by atoms with Gasteiger partial charge in [-0.2, -0.15) is 0 Å². The predicted octanol–water partition coefficient (Wildman–Crippen LogP) is 2.12. The van der Waals surface area contributed by atoms with Crippen molar-refractivity contribution in [3.05, 3.63) is 29.8 Å². The highest BCUT2D eigenvalue weighted by atomic mass is 16.5. The molecule has 2 rings (SSSR count). The molecule has 0 aliphatic heterocycles. The van der Waals surface area contributed by atoms with Crippen LogP contribution in [-0.2, 0) is 0 Å². The summed E-state index contributed by atoms with van der Waals surface area (Å²) in [4.78, 5) is 0. The Kier molecular flexibility index (Phi) is 4.02. The topological polar surface area (TPSA) is 41.5 Å². The molecule has 0 heterocycles. The van der Waals surface area contributed by atoms with E-state index >= 15 is 0 Å². The number of rotatable bonds is 6. The second-order valence-corrected chi connectivity index (χ2v) is 4.84. The summed E-state index contributed by atoms with van der Waals surface area (Å²) in [6, 6.07) is 8.72. The fourth-order valence-electron chi connectivity index (χ4n) is 2.10. The van der Waals surface area contributed by atoms with Crippen molar-refractivity contribution in [2.45, 2.75) is 31.8 Å². The van der Waals surface area contributed by atoms with Crippen molar-refractivity contribution in [2.24, 2.45) is 5.92 Å². The number of hydrogen-bond acceptors (Lipinski definition) is 3. The quantitative estimate of drug-likeness (QED) is 0.793. The van der Waals surface area contributed by atoms with E-state index in [1.54, 1.807) is 7.11 Å². The largest absolute Gasteiger partial charge is 0.497 e. The van der Waals surface area contributed by atoms with Gasteiger partial charge < -0.3 is 15.2 Å². The summed E-state index contributed by atoms with van der Waals surface area (Å²) in [5, 5.41) is 12.6. The molecule has 0 saturated heterocycles. The molecule has 1 fully saturated rings. The fraction of sp³-hybridized carbons (Fsp3) is 0.571. The Labute approximate surface area is 103 Å². The molecule has 17 heavy (non-hydrogen) atoms. The van der Waals surface area contributed by atoms with Gasteiger partial charge in [-0.25, -0.2) is 0 Å². The number of aliphatic hydroxyl groups excluding tert-OH is 1. The first-order valence-electron chi connectivity index (χ1n) is 6.25. The van der Waals surface area contributed by atoms with Crippen molar-refractivity contribution in [1.82, 2.24) is 5.32 Å². The van der Waals surface area contributed by atoms with Crippen molar-refractivity contribution in [2.75, 3.05) is 13.7 Å². The van der Waals surface area contributed by atoms with E-state index in [-0.39, 0.29) is 12.6 Å². The molecule has 1 aliphatic carbocycles. The highest BCUT2D eigenvalue weighted by Gasteiger charge is 2.32. The molecule has 3 heteroatoms. The number of aliphatic hydroxyl groups is 1. The molecule has 0 radical (unpaired) electrons. The van der Waals surface area contributed by atoms with Gasteiger partial charge in [0, 0.05) is 12.1 Å². The number of ether oxygens (including phenoxy) is 1. The van der Waals surface area contributed by atoms with Crippen LogP contribution in [0.1, 0.15) is 31.4 Å². The third kappa shape index (κ3) is 3.20. The van der Waals surface area contributed by atoms with Gasteiger partial charge in [0.25, 0.3) is 0 Å². The predicted molar refractivity (Wildman–Crippen MR) is 68.1 cm³/mol. The summed E-state index contributed by atoms with van der Waals surface area (Å²) in [6.45, 7) is 2.19. The van der Waals surface area contributed by atoms with Gasteiger partial charge in [0.1, 0.15) is 5.75 Å². The van der Waals surface area contributed by atoms with Gasteiger partial charge in [0.05, 0.1) is 13.7 Å². The van der Waals surface area contributed by atoms with Crippen molar-refractivity contribution in [1.29, 1.82) is 0 Å². The zero-order chi connectivity index (χ0) is 12.3. The molecule has 1 aromatic carbocycles. The SMILES string of the molecule is COc1ccc(C(N[C@H](C)CO)C2CC2)cc1. The maximum atomic E-state index is 9.13. The maximum absolute atomic E-state index is 9.13. The average molecular weight is 235 g/mol. The standard InChI is InChI=1S/C14H21NO2/c1-10(9-16)15-14(11-3-4-11)12-5-7-13(17-2)8-6-12/h5-8,10-11,14-16H,3-4,9H2,1-2H3/t10-,14?/m1/s1. The van der Waals surface area contributed by atoms with Gasteiger partial charge in [-0.3, -0.25) is 0 Å². The third-order valence-corrected chi connectivity index (χ3v) is 3.31. The van der Waals surface area contributed by atoms with Gasteiger partial charge in [0.2, 0.25) is 0 Å². The summed E-state index contributed by atoms with van der Waals surface area (Å²) in [5.74, 6) is 1.61. The number of methoxy groups -OCH3 is 1. The van der Waals surface area contributed by atoms with E-state index in [4.69, 9.17) is 9.84 Å².